The van der Waals surface area contributed by atoms with E-state index in [2.05, 4.69) is 11.8 Å². The lowest BCUT2D eigenvalue weighted by Gasteiger charge is -2.06. The molecule has 2 unspecified atom stereocenters. The molecule has 1 fully saturated rings. The van der Waals surface area contributed by atoms with Crippen LogP contribution in [-0.4, -0.2) is 23.8 Å². The quantitative estimate of drug-likeness (QED) is 0.562. The Bertz CT molecular complexity index is 427. The largest absolute Gasteiger partial charge is 0.465 e. The maximum Gasteiger partial charge on any atom is 0.312 e. The molecule has 0 saturated carbocycles. The maximum atomic E-state index is 11.2. The van der Waals surface area contributed by atoms with E-state index in [-0.39, 0.29) is 5.97 Å². The monoisotopic (exact) mass is 216 g/mol. The molecule has 1 saturated heterocycles. The van der Waals surface area contributed by atoms with Crippen molar-refractivity contribution in [1.82, 2.24) is 0 Å². The third-order valence-electron chi connectivity index (χ3n) is 2.50. The van der Waals surface area contributed by atoms with Crippen LogP contribution in [0.2, 0.25) is 0 Å². The van der Waals surface area contributed by atoms with E-state index in [9.17, 15) is 9.90 Å². The van der Waals surface area contributed by atoms with Gasteiger partial charge in [0, 0.05) is 5.56 Å². The number of esters is 1. The lowest BCUT2D eigenvalue weighted by atomic mass is 10.0. The molecule has 2 atom stereocenters. The molecule has 1 aromatic carbocycles. The fourth-order valence-electron chi connectivity index (χ4n) is 1.58. The van der Waals surface area contributed by atoms with Gasteiger partial charge in [-0.25, -0.2) is 0 Å². The van der Waals surface area contributed by atoms with Crippen molar-refractivity contribution in [2.75, 3.05) is 6.61 Å². The summed E-state index contributed by atoms with van der Waals surface area (Å²) >= 11 is 0. The Labute approximate surface area is 94.0 Å². The number of carbonyl (C=O) groups is 1. The van der Waals surface area contributed by atoms with Gasteiger partial charge >= 0.3 is 5.97 Å². The molecule has 1 aliphatic heterocycles. The first kappa shape index (κ1) is 10.7. The second-order valence-corrected chi connectivity index (χ2v) is 3.64. The van der Waals surface area contributed by atoms with Crippen molar-refractivity contribution in [2.24, 2.45) is 5.92 Å². The summed E-state index contributed by atoms with van der Waals surface area (Å²) in [5.74, 6) is 4.67. The highest BCUT2D eigenvalue weighted by molar-refractivity contribution is 5.75. The van der Waals surface area contributed by atoms with Crippen molar-refractivity contribution in [3.05, 3.63) is 35.9 Å². The fourth-order valence-corrected chi connectivity index (χ4v) is 1.58. The van der Waals surface area contributed by atoms with Gasteiger partial charge in [-0.2, -0.15) is 0 Å². The molecule has 1 heterocycles. The number of benzene rings is 1. The molecule has 16 heavy (non-hydrogen) atoms. The van der Waals surface area contributed by atoms with Gasteiger partial charge in [0.05, 0.1) is 12.5 Å². The van der Waals surface area contributed by atoms with E-state index in [4.69, 9.17) is 4.74 Å². The van der Waals surface area contributed by atoms with Crippen molar-refractivity contribution in [1.29, 1.82) is 0 Å². The number of rotatable bonds is 1. The van der Waals surface area contributed by atoms with Crippen molar-refractivity contribution in [2.45, 2.75) is 12.5 Å². The summed E-state index contributed by atoms with van der Waals surface area (Å²) in [6.07, 6.45) is -0.390. The van der Waals surface area contributed by atoms with Gasteiger partial charge in [-0.15, -0.1) is 0 Å². The first-order valence-corrected chi connectivity index (χ1v) is 5.18. The number of hydrogen-bond acceptors (Lipinski definition) is 3. The highest BCUT2D eigenvalue weighted by atomic mass is 16.5. The number of hydrogen-bond donors (Lipinski definition) is 1. The normalized spacial score (nSPS) is 20.8. The van der Waals surface area contributed by atoms with Gasteiger partial charge in [-0.1, -0.05) is 30.0 Å². The Morgan fingerprint density at radius 1 is 1.38 bits per heavy atom. The molecule has 0 amide bonds. The minimum atomic E-state index is -0.935. The Hall–Kier alpha value is -1.79. The van der Waals surface area contributed by atoms with E-state index in [0.717, 1.165) is 5.56 Å². The molecule has 0 aromatic heterocycles. The predicted octanol–water partition coefficient (Wildman–Crippen LogP) is 0.962. The third-order valence-corrected chi connectivity index (χ3v) is 2.50. The topological polar surface area (TPSA) is 46.5 Å². The molecule has 1 N–H and O–H groups in total. The lowest BCUT2D eigenvalue weighted by Crippen LogP contribution is -2.22. The fraction of sp³-hybridized carbons (Fsp3) is 0.308. The standard InChI is InChI=1S/C13H12O3/c14-12(11-8-9-16-13(11)15)7-6-10-4-2-1-3-5-10/h1-5,11-12,14H,8-9H2. The van der Waals surface area contributed by atoms with Crippen molar-refractivity contribution in [3.8, 4) is 11.8 Å². The van der Waals surface area contributed by atoms with Crippen LogP contribution in [0.3, 0.4) is 0 Å². The van der Waals surface area contributed by atoms with Crippen LogP contribution in [0.1, 0.15) is 12.0 Å². The zero-order valence-electron chi connectivity index (χ0n) is 8.72. The Balaban J connectivity index is 2.05. The molecule has 3 nitrogen and oxygen atoms in total. The van der Waals surface area contributed by atoms with Gasteiger partial charge in [0.25, 0.3) is 0 Å². The molecule has 0 bridgehead atoms. The van der Waals surface area contributed by atoms with Gasteiger partial charge in [0.1, 0.15) is 6.10 Å². The van der Waals surface area contributed by atoms with E-state index < -0.39 is 12.0 Å². The molecular formula is C13H12O3. The number of aliphatic hydroxyl groups excluding tert-OH is 1. The smallest absolute Gasteiger partial charge is 0.312 e. The highest BCUT2D eigenvalue weighted by Gasteiger charge is 2.32. The zero-order valence-corrected chi connectivity index (χ0v) is 8.72. The summed E-state index contributed by atoms with van der Waals surface area (Å²) in [4.78, 5) is 11.2. The molecule has 82 valence electrons. The Kier molecular flexibility index (Phi) is 3.23. The molecule has 3 heteroatoms. The van der Waals surface area contributed by atoms with Crippen LogP contribution in [0, 0.1) is 17.8 Å². The van der Waals surface area contributed by atoms with Gasteiger partial charge in [0.15, 0.2) is 0 Å². The number of carbonyl (C=O) groups excluding carboxylic acids is 1. The van der Waals surface area contributed by atoms with Gasteiger partial charge in [-0.05, 0) is 18.6 Å². The van der Waals surface area contributed by atoms with Crippen LogP contribution in [0.5, 0.6) is 0 Å². The van der Waals surface area contributed by atoms with Gasteiger partial charge in [-0.3, -0.25) is 4.79 Å². The first-order valence-electron chi connectivity index (χ1n) is 5.18. The zero-order chi connectivity index (χ0) is 11.4. The molecule has 0 aliphatic carbocycles. The van der Waals surface area contributed by atoms with Crippen LogP contribution < -0.4 is 0 Å². The average Bonchev–Trinajstić information content (AvgIpc) is 2.74. The van der Waals surface area contributed by atoms with E-state index in [0.29, 0.717) is 13.0 Å². The molecule has 0 radical (unpaired) electrons. The first-order chi connectivity index (χ1) is 7.77. The van der Waals surface area contributed by atoms with Crippen molar-refractivity contribution < 1.29 is 14.6 Å². The number of cyclic esters (lactones) is 1. The predicted molar refractivity (Wildman–Crippen MR) is 58.4 cm³/mol. The molecule has 1 aliphatic rings. The second kappa shape index (κ2) is 4.82. The number of ether oxygens (including phenoxy) is 1. The van der Waals surface area contributed by atoms with E-state index >= 15 is 0 Å². The number of aliphatic hydroxyl groups is 1. The molecular weight excluding hydrogens is 204 g/mol. The summed E-state index contributed by atoms with van der Waals surface area (Å²) in [7, 11) is 0. The third kappa shape index (κ3) is 2.41. The SMILES string of the molecule is O=C1OCCC1C(O)C#Cc1ccccc1. The summed E-state index contributed by atoms with van der Waals surface area (Å²) in [6, 6.07) is 9.36. The second-order valence-electron chi connectivity index (χ2n) is 3.64. The summed E-state index contributed by atoms with van der Waals surface area (Å²) in [5, 5.41) is 9.71. The van der Waals surface area contributed by atoms with Gasteiger partial charge < -0.3 is 9.84 Å². The van der Waals surface area contributed by atoms with Crippen LogP contribution >= 0.6 is 0 Å². The van der Waals surface area contributed by atoms with E-state index in [1.165, 1.54) is 0 Å². The van der Waals surface area contributed by atoms with Crippen molar-refractivity contribution in [3.63, 3.8) is 0 Å². The van der Waals surface area contributed by atoms with Crippen molar-refractivity contribution >= 4 is 5.97 Å². The summed E-state index contributed by atoms with van der Waals surface area (Å²) < 4.78 is 4.77. The Morgan fingerprint density at radius 3 is 2.75 bits per heavy atom. The molecule has 0 spiro atoms. The van der Waals surface area contributed by atoms with Crippen LogP contribution in [0.15, 0.2) is 30.3 Å². The van der Waals surface area contributed by atoms with E-state index in [1.807, 2.05) is 30.3 Å². The minimum absolute atomic E-state index is 0.352. The molecule has 1 aromatic rings. The minimum Gasteiger partial charge on any atom is -0.465 e. The average molecular weight is 216 g/mol. The van der Waals surface area contributed by atoms with Crippen LogP contribution in [0.25, 0.3) is 0 Å². The lowest BCUT2D eigenvalue weighted by molar-refractivity contribution is -0.143. The highest BCUT2D eigenvalue weighted by Crippen LogP contribution is 2.17. The van der Waals surface area contributed by atoms with Gasteiger partial charge in [0.2, 0.25) is 0 Å². The maximum absolute atomic E-state index is 11.2. The summed E-state index contributed by atoms with van der Waals surface area (Å²) in [6.45, 7) is 0.383. The van der Waals surface area contributed by atoms with Crippen LogP contribution in [0.4, 0.5) is 0 Å². The van der Waals surface area contributed by atoms with E-state index in [1.54, 1.807) is 0 Å². The van der Waals surface area contributed by atoms with Crippen LogP contribution in [-0.2, 0) is 9.53 Å². The Morgan fingerprint density at radius 2 is 2.12 bits per heavy atom. The molecule has 2 rings (SSSR count). The summed E-state index contributed by atoms with van der Waals surface area (Å²) in [5.41, 5.74) is 0.827.